The van der Waals surface area contributed by atoms with Crippen LogP contribution in [0.4, 0.5) is 0 Å². The van der Waals surface area contributed by atoms with Crippen molar-refractivity contribution < 1.29 is 4.79 Å². The molecule has 1 saturated heterocycles. The van der Waals surface area contributed by atoms with Crippen molar-refractivity contribution in [3.8, 4) is 0 Å². The van der Waals surface area contributed by atoms with E-state index in [0.29, 0.717) is 6.67 Å². The van der Waals surface area contributed by atoms with Gasteiger partial charge in [-0.25, -0.2) is 0 Å². The molecule has 1 N–H and O–H groups in total. The molecule has 1 aliphatic heterocycles. The predicted molar refractivity (Wildman–Crippen MR) is 76.7 cm³/mol. The molecule has 19 heavy (non-hydrogen) atoms. The van der Waals surface area contributed by atoms with Crippen molar-refractivity contribution in [2.24, 2.45) is 0 Å². The Morgan fingerprint density at radius 2 is 2.00 bits per heavy atom. The number of carbonyl (C=O) groups excluding carboxylic acids is 1. The maximum atomic E-state index is 12.3. The first-order chi connectivity index (χ1) is 9.18. The van der Waals surface area contributed by atoms with Gasteiger partial charge in [0.1, 0.15) is 6.04 Å². The van der Waals surface area contributed by atoms with Crippen molar-refractivity contribution in [1.82, 2.24) is 15.1 Å². The molecule has 1 aromatic carbocycles. The topological polar surface area (TPSA) is 35.6 Å². The normalized spacial score (nSPS) is 19.4. The third kappa shape index (κ3) is 3.78. The van der Waals surface area contributed by atoms with Crippen LogP contribution in [0.3, 0.4) is 0 Å². The van der Waals surface area contributed by atoms with Crippen molar-refractivity contribution in [3.63, 3.8) is 0 Å². The summed E-state index contributed by atoms with van der Waals surface area (Å²) in [5.74, 6) is 0.205. The number of carbonyl (C=O) groups is 1. The lowest BCUT2D eigenvalue weighted by Gasteiger charge is -2.16. The van der Waals surface area contributed by atoms with Crippen LogP contribution in [-0.4, -0.2) is 49.6 Å². The van der Waals surface area contributed by atoms with E-state index < -0.39 is 0 Å². The first kappa shape index (κ1) is 14.0. The molecule has 1 fully saturated rings. The van der Waals surface area contributed by atoms with Gasteiger partial charge in [0.05, 0.1) is 6.67 Å². The maximum absolute atomic E-state index is 12.3. The van der Waals surface area contributed by atoms with Gasteiger partial charge in [-0.15, -0.1) is 0 Å². The van der Waals surface area contributed by atoms with Crippen molar-refractivity contribution >= 4 is 5.91 Å². The zero-order valence-corrected chi connectivity index (χ0v) is 11.8. The highest BCUT2D eigenvalue weighted by atomic mass is 16.2. The van der Waals surface area contributed by atoms with Crippen LogP contribution in [0.1, 0.15) is 24.4 Å². The number of unbranched alkanes of at least 4 members (excludes halogenated alkanes) is 1. The lowest BCUT2D eigenvalue weighted by molar-refractivity contribution is -0.129. The van der Waals surface area contributed by atoms with Gasteiger partial charge in [0.15, 0.2) is 0 Å². The smallest absolute Gasteiger partial charge is 0.245 e. The van der Waals surface area contributed by atoms with Crippen LogP contribution in [0.2, 0.25) is 0 Å². The molecule has 1 heterocycles. The van der Waals surface area contributed by atoms with E-state index in [2.05, 4.69) is 24.3 Å². The summed E-state index contributed by atoms with van der Waals surface area (Å²) < 4.78 is 0. The fraction of sp³-hybridized carbons (Fsp3) is 0.533. The second kappa shape index (κ2) is 6.68. The van der Waals surface area contributed by atoms with Crippen molar-refractivity contribution in [2.45, 2.75) is 18.9 Å². The highest BCUT2D eigenvalue weighted by molar-refractivity contribution is 5.85. The molecule has 0 spiro atoms. The lowest BCUT2D eigenvalue weighted by atomic mass is 10.1. The van der Waals surface area contributed by atoms with Gasteiger partial charge in [0.25, 0.3) is 0 Å². The summed E-state index contributed by atoms with van der Waals surface area (Å²) in [6.07, 6.45) is 2.19. The first-order valence-electron chi connectivity index (χ1n) is 6.90. The van der Waals surface area contributed by atoms with E-state index in [4.69, 9.17) is 0 Å². The van der Waals surface area contributed by atoms with Crippen molar-refractivity contribution in [3.05, 3.63) is 35.9 Å². The SMILES string of the molecule is CN(C)CCCCN1CNC(c2ccccc2)C1=O. The summed E-state index contributed by atoms with van der Waals surface area (Å²) in [4.78, 5) is 16.4. The van der Waals surface area contributed by atoms with E-state index in [1.807, 2.05) is 35.2 Å². The molecule has 0 aromatic heterocycles. The van der Waals surface area contributed by atoms with Crippen LogP contribution in [0.5, 0.6) is 0 Å². The van der Waals surface area contributed by atoms with Gasteiger partial charge in [-0.05, 0) is 39.0 Å². The van der Waals surface area contributed by atoms with Gasteiger partial charge in [0, 0.05) is 6.54 Å². The second-order valence-electron chi connectivity index (χ2n) is 5.32. The Bertz CT molecular complexity index is 405. The van der Waals surface area contributed by atoms with Crippen LogP contribution in [-0.2, 0) is 4.79 Å². The molecule has 0 saturated carbocycles. The molecule has 1 aromatic rings. The lowest BCUT2D eigenvalue weighted by Crippen LogP contribution is -2.28. The van der Waals surface area contributed by atoms with E-state index in [-0.39, 0.29) is 11.9 Å². The minimum absolute atomic E-state index is 0.157. The average molecular weight is 261 g/mol. The fourth-order valence-electron chi connectivity index (χ4n) is 2.38. The third-order valence-electron chi connectivity index (χ3n) is 3.46. The Kier molecular flexibility index (Phi) is 4.93. The molecule has 0 radical (unpaired) electrons. The number of benzene rings is 1. The quantitative estimate of drug-likeness (QED) is 0.788. The molecule has 0 aliphatic carbocycles. The molecular weight excluding hydrogens is 238 g/mol. The van der Waals surface area contributed by atoms with E-state index in [1.165, 1.54) is 0 Å². The molecule has 0 bridgehead atoms. The van der Waals surface area contributed by atoms with Crippen LogP contribution < -0.4 is 5.32 Å². The summed E-state index contributed by atoms with van der Waals surface area (Å²) in [6, 6.07) is 9.78. The number of nitrogens with zero attached hydrogens (tertiary/aromatic N) is 2. The van der Waals surface area contributed by atoms with E-state index in [1.54, 1.807) is 0 Å². The molecule has 4 heteroatoms. The van der Waals surface area contributed by atoms with Crippen LogP contribution in [0, 0.1) is 0 Å². The largest absolute Gasteiger partial charge is 0.328 e. The maximum Gasteiger partial charge on any atom is 0.245 e. The van der Waals surface area contributed by atoms with Crippen LogP contribution in [0.15, 0.2) is 30.3 Å². The van der Waals surface area contributed by atoms with Gasteiger partial charge in [0.2, 0.25) is 5.91 Å². The average Bonchev–Trinajstić information content (AvgIpc) is 2.77. The monoisotopic (exact) mass is 261 g/mol. The molecule has 2 rings (SSSR count). The highest BCUT2D eigenvalue weighted by Crippen LogP contribution is 2.20. The van der Waals surface area contributed by atoms with Gasteiger partial charge in [-0.2, -0.15) is 0 Å². The van der Waals surface area contributed by atoms with Crippen molar-refractivity contribution in [1.29, 1.82) is 0 Å². The molecule has 1 aliphatic rings. The first-order valence-corrected chi connectivity index (χ1v) is 6.90. The molecule has 1 amide bonds. The summed E-state index contributed by atoms with van der Waals surface area (Å²) in [5.41, 5.74) is 1.06. The fourth-order valence-corrected chi connectivity index (χ4v) is 2.38. The minimum Gasteiger partial charge on any atom is -0.328 e. The molecule has 4 nitrogen and oxygen atoms in total. The van der Waals surface area contributed by atoms with Crippen LogP contribution in [0.25, 0.3) is 0 Å². The number of hydrogen-bond acceptors (Lipinski definition) is 3. The highest BCUT2D eigenvalue weighted by Gasteiger charge is 2.31. The van der Waals surface area contributed by atoms with E-state index in [9.17, 15) is 4.79 Å². The Morgan fingerprint density at radius 1 is 1.26 bits per heavy atom. The number of amides is 1. The number of rotatable bonds is 6. The standard InChI is InChI=1S/C15H23N3O/c1-17(2)10-6-7-11-18-12-16-14(15(18)19)13-8-4-3-5-9-13/h3-5,8-9,14,16H,6-7,10-12H2,1-2H3. The summed E-state index contributed by atoms with van der Waals surface area (Å²) in [7, 11) is 4.15. The molecular formula is C15H23N3O. The van der Waals surface area contributed by atoms with Gasteiger partial charge in [-0.3, -0.25) is 10.1 Å². The zero-order valence-electron chi connectivity index (χ0n) is 11.8. The molecule has 104 valence electrons. The summed E-state index contributed by atoms with van der Waals surface area (Å²) in [6.45, 7) is 2.60. The van der Waals surface area contributed by atoms with Gasteiger partial charge >= 0.3 is 0 Å². The number of hydrogen-bond donors (Lipinski definition) is 1. The Hall–Kier alpha value is -1.39. The van der Waals surface area contributed by atoms with Gasteiger partial charge in [-0.1, -0.05) is 30.3 Å². The Balaban J connectivity index is 1.81. The molecule has 1 unspecified atom stereocenters. The minimum atomic E-state index is -0.157. The second-order valence-corrected chi connectivity index (χ2v) is 5.32. The van der Waals surface area contributed by atoms with Crippen molar-refractivity contribution in [2.75, 3.05) is 33.9 Å². The predicted octanol–water partition coefficient (Wildman–Crippen LogP) is 1.46. The van der Waals surface area contributed by atoms with E-state index >= 15 is 0 Å². The Morgan fingerprint density at radius 3 is 2.68 bits per heavy atom. The summed E-state index contributed by atoms with van der Waals surface area (Å²) in [5, 5.41) is 3.29. The summed E-state index contributed by atoms with van der Waals surface area (Å²) >= 11 is 0. The third-order valence-corrected chi connectivity index (χ3v) is 3.46. The zero-order chi connectivity index (χ0) is 13.7. The number of nitrogens with one attached hydrogen (secondary N) is 1. The van der Waals surface area contributed by atoms with Crippen LogP contribution >= 0.6 is 0 Å². The van der Waals surface area contributed by atoms with E-state index in [0.717, 1.165) is 31.5 Å². The molecule has 1 atom stereocenters. The van der Waals surface area contributed by atoms with Gasteiger partial charge < -0.3 is 9.80 Å². The Labute approximate surface area is 115 Å².